The van der Waals surface area contributed by atoms with Gasteiger partial charge in [0.25, 0.3) is 0 Å². The molecule has 0 bridgehead atoms. The minimum atomic E-state index is -1.59. The van der Waals surface area contributed by atoms with Gasteiger partial charge in [-0.15, -0.1) is 0 Å². The Bertz CT molecular complexity index is 1210. The number of hydrogen-bond acceptors (Lipinski definition) is 3. The highest BCUT2D eigenvalue weighted by molar-refractivity contribution is 6.84. The van der Waals surface area contributed by atoms with E-state index in [0.717, 1.165) is 36.8 Å². The Morgan fingerprint density at radius 1 is 0.750 bits per heavy atom. The van der Waals surface area contributed by atoms with Gasteiger partial charge in [0.2, 0.25) is 0 Å². The third-order valence-corrected chi connectivity index (χ3v) is 13.3. The molecule has 0 radical (unpaired) electrons. The fourth-order valence-electron chi connectivity index (χ4n) is 5.22. The molecule has 0 aliphatic rings. The lowest BCUT2D eigenvalue weighted by Gasteiger charge is -2.31. The van der Waals surface area contributed by atoms with E-state index in [1.54, 1.807) is 12.1 Å². The quantitative estimate of drug-likeness (QED) is 0.136. The van der Waals surface area contributed by atoms with Crippen LogP contribution in [-0.2, 0) is 10.5 Å². The second kappa shape index (κ2) is 14.8. The molecule has 40 heavy (non-hydrogen) atoms. The largest absolute Gasteiger partial charge is 0.494 e. The lowest BCUT2D eigenvalue weighted by molar-refractivity contribution is 0.0697. The van der Waals surface area contributed by atoms with E-state index in [2.05, 4.69) is 76.1 Å². The molecule has 4 nitrogen and oxygen atoms in total. The van der Waals surface area contributed by atoms with Gasteiger partial charge >= 0.3 is 5.97 Å². The average Bonchev–Trinajstić information content (AvgIpc) is 2.90. The number of benzene rings is 3. The van der Waals surface area contributed by atoms with Crippen molar-refractivity contribution in [1.82, 2.24) is 0 Å². The van der Waals surface area contributed by atoms with Crippen molar-refractivity contribution < 1.29 is 18.8 Å². The molecular formula is C34H48O4Si2. The lowest BCUT2D eigenvalue weighted by atomic mass is 9.96. The van der Waals surface area contributed by atoms with Crippen LogP contribution in [0.4, 0.5) is 0 Å². The lowest BCUT2D eigenvalue weighted by Crippen LogP contribution is -2.42. The smallest absolute Gasteiger partial charge is 0.336 e. The summed E-state index contributed by atoms with van der Waals surface area (Å²) in [7, 11) is -3.09. The van der Waals surface area contributed by atoms with Crippen LogP contribution in [0.2, 0.25) is 38.8 Å². The molecular weight excluding hydrogens is 529 g/mol. The topological polar surface area (TPSA) is 55.8 Å². The summed E-state index contributed by atoms with van der Waals surface area (Å²) < 4.78 is 12.5. The summed E-state index contributed by atoms with van der Waals surface area (Å²) in [6.45, 7) is 14.3. The number of carboxylic acids is 1. The number of rotatable bonds is 16. The number of ether oxygens (including phenoxy) is 1. The van der Waals surface area contributed by atoms with E-state index in [4.69, 9.17) is 8.85 Å². The molecule has 0 amide bonds. The first kappa shape index (κ1) is 31.8. The normalized spacial score (nSPS) is 11.9. The van der Waals surface area contributed by atoms with Crippen LogP contribution in [0.25, 0.3) is 22.3 Å². The monoisotopic (exact) mass is 576 g/mol. The minimum Gasteiger partial charge on any atom is -0.494 e. The molecule has 0 unspecified atom stereocenters. The molecule has 0 aromatic heterocycles. The van der Waals surface area contributed by atoms with Crippen molar-refractivity contribution in [3.05, 3.63) is 77.9 Å². The van der Waals surface area contributed by atoms with Crippen LogP contribution in [0.1, 0.15) is 61.4 Å². The van der Waals surface area contributed by atoms with Gasteiger partial charge in [-0.3, -0.25) is 0 Å². The van der Waals surface area contributed by atoms with Gasteiger partial charge < -0.3 is 14.0 Å². The average molecular weight is 577 g/mol. The molecule has 0 saturated carbocycles. The Morgan fingerprint density at radius 3 is 1.98 bits per heavy atom. The molecule has 3 aromatic carbocycles. The van der Waals surface area contributed by atoms with E-state index >= 15 is 0 Å². The van der Waals surface area contributed by atoms with Crippen LogP contribution in [-0.4, -0.2) is 34.3 Å². The summed E-state index contributed by atoms with van der Waals surface area (Å²) in [6.07, 6.45) is 8.08. The van der Waals surface area contributed by atoms with Crippen molar-refractivity contribution in [3.8, 4) is 28.0 Å². The highest BCUT2D eigenvalue weighted by Crippen LogP contribution is 2.31. The third-order valence-electron chi connectivity index (χ3n) is 7.05. The fraction of sp³-hybridized carbons (Fsp3) is 0.441. The van der Waals surface area contributed by atoms with Crippen molar-refractivity contribution in [2.24, 2.45) is 0 Å². The van der Waals surface area contributed by atoms with Gasteiger partial charge in [-0.1, -0.05) is 81.1 Å². The van der Waals surface area contributed by atoms with Crippen LogP contribution in [0.5, 0.6) is 5.75 Å². The number of unbranched alkanes of at least 4 members (excludes halogenated alkanes) is 4. The molecule has 0 atom stereocenters. The number of carboxylic acid groups (broad SMARTS) is 1. The molecule has 6 heteroatoms. The maximum Gasteiger partial charge on any atom is 0.336 e. The summed E-state index contributed by atoms with van der Waals surface area (Å²) in [5.41, 5.74) is 5.50. The zero-order valence-corrected chi connectivity index (χ0v) is 27.4. The second-order valence-corrected chi connectivity index (χ2v) is 21.4. The molecule has 0 aliphatic heterocycles. The summed E-state index contributed by atoms with van der Waals surface area (Å²) in [5.74, 6) is -0.226. The van der Waals surface area contributed by atoms with Crippen LogP contribution in [0.3, 0.4) is 0 Å². The van der Waals surface area contributed by atoms with Gasteiger partial charge in [0, 0.05) is 0 Å². The Hall–Kier alpha value is -2.68. The first-order valence-corrected chi connectivity index (χ1v) is 21.4. The molecule has 0 spiro atoms. The van der Waals surface area contributed by atoms with E-state index < -0.39 is 22.6 Å². The van der Waals surface area contributed by atoms with Crippen molar-refractivity contribution in [2.45, 2.75) is 90.6 Å². The maximum absolute atomic E-state index is 12.0. The molecule has 0 saturated heterocycles. The number of carbonyl (C=O) groups is 1. The maximum atomic E-state index is 12.0. The molecule has 1 N–H and O–H groups in total. The predicted molar refractivity (Wildman–Crippen MR) is 174 cm³/mol. The zero-order valence-electron chi connectivity index (χ0n) is 25.4. The molecule has 0 fully saturated rings. The molecule has 216 valence electrons. The fourth-order valence-corrected chi connectivity index (χ4v) is 13.4. The van der Waals surface area contributed by atoms with E-state index in [0.29, 0.717) is 17.9 Å². The SMILES string of the molecule is CCCCCc1ccc(-c2ccc(-c3cc(OCCCCC[Si](C)(C)O[Si](C)(C)C)ccc3C(=O)O)cc2)cc1. The Balaban J connectivity index is 1.60. The summed E-state index contributed by atoms with van der Waals surface area (Å²) in [4.78, 5) is 12.0. The van der Waals surface area contributed by atoms with Crippen molar-refractivity contribution in [2.75, 3.05) is 6.61 Å². The second-order valence-electron chi connectivity index (χ2n) is 12.4. The minimum absolute atomic E-state index is 0.283. The van der Waals surface area contributed by atoms with Crippen LogP contribution >= 0.6 is 0 Å². The highest BCUT2D eigenvalue weighted by Gasteiger charge is 2.28. The van der Waals surface area contributed by atoms with Gasteiger partial charge in [-0.2, -0.15) is 0 Å². The number of aryl methyl sites for hydroxylation is 1. The van der Waals surface area contributed by atoms with E-state index in [-0.39, 0.29) is 5.56 Å². The van der Waals surface area contributed by atoms with Gasteiger partial charge in [0.1, 0.15) is 5.75 Å². The van der Waals surface area contributed by atoms with Crippen molar-refractivity contribution in [3.63, 3.8) is 0 Å². The Labute approximate surface area is 244 Å². The summed E-state index contributed by atoms with van der Waals surface area (Å²) >= 11 is 0. The Kier molecular flexibility index (Phi) is 11.8. The van der Waals surface area contributed by atoms with Crippen molar-refractivity contribution in [1.29, 1.82) is 0 Å². The third kappa shape index (κ3) is 10.4. The summed E-state index contributed by atoms with van der Waals surface area (Å²) in [6, 6.07) is 23.4. The first-order chi connectivity index (χ1) is 19.0. The molecule has 0 heterocycles. The highest BCUT2D eigenvalue weighted by atomic mass is 28.4. The van der Waals surface area contributed by atoms with E-state index in [9.17, 15) is 9.90 Å². The predicted octanol–water partition coefficient (Wildman–Crippen LogP) is 10.1. The standard InChI is InChI=1S/C34H48O4Si2/c1-7-8-10-13-27-14-16-28(17-15-27)29-18-20-30(21-19-29)33-26-31(22-23-32(33)34(35)36)37-24-11-9-12-25-40(5,6)38-39(2,3)4/h14-23,26H,7-13,24-25H2,1-6H3,(H,35,36). The van der Waals surface area contributed by atoms with E-state index in [1.807, 2.05) is 18.2 Å². The number of aromatic carboxylic acids is 1. The van der Waals surface area contributed by atoms with Gasteiger partial charge in [-0.05, 0) is 104 Å². The molecule has 0 aliphatic carbocycles. The van der Waals surface area contributed by atoms with Crippen LogP contribution in [0, 0.1) is 0 Å². The molecule has 3 rings (SSSR count). The van der Waals surface area contributed by atoms with Gasteiger partial charge in [-0.25, -0.2) is 4.79 Å². The first-order valence-electron chi connectivity index (χ1n) is 14.9. The molecule has 3 aromatic rings. The van der Waals surface area contributed by atoms with Gasteiger partial charge in [0.15, 0.2) is 16.6 Å². The van der Waals surface area contributed by atoms with Crippen molar-refractivity contribution >= 4 is 22.6 Å². The van der Waals surface area contributed by atoms with E-state index in [1.165, 1.54) is 36.4 Å². The number of hydrogen-bond donors (Lipinski definition) is 1. The zero-order chi connectivity index (χ0) is 29.2. The Morgan fingerprint density at radius 2 is 1.38 bits per heavy atom. The van der Waals surface area contributed by atoms with Gasteiger partial charge in [0.05, 0.1) is 12.2 Å². The van der Waals surface area contributed by atoms with Crippen LogP contribution < -0.4 is 4.74 Å². The van der Waals surface area contributed by atoms with Crippen LogP contribution in [0.15, 0.2) is 66.7 Å². The summed E-state index contributed by atoms with van der Waals surface area (Å²) in [5, 5.41) is 9.82.